The fraction of sp³-hybridized carbons (Fsp3) is 0.294. The summed E-state index contributed by atoms with van der Waals surface area (Å²) in [4.78, 5) is 2.33. The van der Waals surface area contributed by atoms with Crippen LogP contribution in [0.1, 0.15) is 16.7 Å². The number of aryl methyl sites for hydroxylation is 1. The molecule has 1 aliphatic rings. The topological polar surface area (TPSA) is 12.5 Å². The summed E-state index contributed by atoms with van der Waals surface area (Å²) in [7, 11) is 0. The van der Waals surface area contributed by atoms with E-state index >= 15 is 0 Å². The summed E-state index contributed by atoms with van der Waals surface area (Å²) in [5.41, 5.74) is 3.60. The zero-order chi connectivity index (χ0) is 13.9. The molecule has 3 rings (SSSR count). The van der Waals surface area contributed by atoms with Gasteiger partial charge in [-0.1, -0.05) is 29.8 Å². The first-order valence-electron chi connectivity index (χ1n) is 6.90. The highest BCUT2D eigenvalue weighted by Crippen LogP contribution is 2.24. The molecule has 2 nitrogen and oxygen atoms in total. The number of benzene rings is 2. The van der Waals surface area contributed by atoms with Crippen molar-refractivity contribution in [2.24, 2.45) is 0 Å². The van der Waals surface area contributed by atoms with E-state index in [4.69, 9.17) is 4.74 Å². The molecule has 20 heavy (non-hydrogen) atoms. The van der Waals surface area contributed by atoms with Crippen LogP contribution in [0, 0.1) is 12.7 Å². The predicted molar refractivity (Wildman–Crippen MR) is 77.2 cm³/mol. The lowest BCUT2D eigenvalue weighted by Crippen LogP contribution is -2.25. The molecule has 1 heterocycles. The van der Waals surface area contributed by atoms with Crippen LogP contribution >= 0.6 is 0 Å². The Morgan fingerprint density at radius 3 is 2.75 bits per heavy atom. The van der Waals surface area contributed by atoms with Gasteiger partial charge in [-0.15, -0.1) is 0 Å². The number of hydrogen-bond acceptors (Lipinski definition) is 2. The summed E-state index contributed by atoms with van der Waals surface area (Å²) in [6, 6.07) is 13.0. The summed E-state index contributed by atoms with van der Waals surface area (Å²) < 4.78 is 18.7. The Morgan fingerprint density at radius 2 is 1.95 bits per heavy atom. The summed E-state index contributed by atoms with van der Waals surface area (Å²) in [5, 5.41) is 0. The van der Waals surface area contributed by atoms with Crippen LogP contribution in [0.15, 0.2) is 42.5 Å². The Bertz CT molecular complexity index is 594. The number of halogens is 1. The van der Waals surface area contributed by atoms with Gasteiger partial charge in [0.05, 0.1) is 0 Å². The normalized spacial score (nSPS) is 15.3. The van der Waals surface area contributed by atoms with E-state index in [1.54, 1.807) is 0 Å². The number of rotatable bonds is 2. The van der Waals surface area contributed by atoms with Crippen LogP contribution in [0.3, 0.4) is 0 Å². The van der Waals surface area contributed by atoms with Crippen molar-refractivity contribution >= 4 is 0 Å². The third-order valence-corrected chi connectivity index (χ3v) is 3.59. The van der Waals surface area contributed by atoms with E-state index in [2.05, 4.69) is 24.0 Å². The lowest BCUT2D eigenvalue weighted by molar-refractivity contribution is 0.219. The highest BCUT2D eigenvalue weighted by atomic mass is 19.1. The molecule has 0 amide bonds. The van der Waals surface area contributed by atoms with Crippen molar-refractivity contribution in [3.05, 3.63) is 65.0 Å². The van der Waals surface area contributed by atoms with Gasteiger partial charge in [0.25, 0.3) is 0 Å². The Balaban J connectivity index is 1.76. The minimum absolute atomic E-state index is 0.186. The van der Waals surface area contributed by atoms with Crippen LogP contribution in [-0.2, 0) is 13.1 Å². The quantitative estimate of drug-likeness (QED) is 0.828. The van der Waals surface area contributed by atoms with Gasteiger partial charge in [0, 0.05) is 25.2 Å². The van der Waals surface area contributed by atoms with Gasteiger partial charge in [0.2, 0.25) is 0 Å². The Labute approximate surface area is 118 Å². The van der Waals surface area contributed by atoms with Crippen LogP contribution in [0.4, 0.5) is 4.39 Å². The Kier molecular flexibility index (Phi) is 3.70. The van der Waals surface area contributed by atoms with Crippen molar-refractivity contribution in [3.8, 4) is 5.75 Å². The number of hydrogen-bond donors (Lipinski definition) is 0. The summed E-state index contributed by atoms with van der Waals surface area (Å²) in [6.07, 6.45) is 0. The van der Waals surface area contributed by atoms with Crippen LogP contribution in [0.25, 0.3) is 0 Å². The first-order chi connectivity index (χ1) is 9.70. The smallest absolute Gasteiger partial charge is 0.123 e. The van der Waals surface area contributed by atoms with E-state index in [0.29, 0.717) is 6.61 Å². The maximum atomic E-state index is 12.9. The minimum Gasteiger partial charge on any atom is -0.492 e. The van der Waals surface area contributed by atoms with Crippen LogP contribution < -0.4 is 4.74 Å². The lowest BCUT2D eigenvalue weighted by Gasteiger charge is -2.19. The van der Waals surface area contributed by atoms with E-state index in [1.165, 1.54) is 23.3 Å². The molecule has 0 aliphatic carbocycles. The summed E-state index contributed by atoms with van der Waals surface area (Å²) in [5.74, 6) is 0.797. The van der Waals surface area contributed by atoms with Crippen molar-refractivity contribution < 1.29 is 9.13 Å². The van der Waals surface area contributed by atoms with E-state index in [0.717, 1.165) is 30.9 Å². The fourth-order valence-electron chi connectivity index (χ4n) is 2.56. The standard InChI is InChI=1S/C17H18FNO/c1-13-2-7-17-15(10-13)12-19(8-9-20-17)11-14-3-5-16(18)6-4-14/h2-7,10H,8-9,11-12H2,1H3. The van der Waals surface area contributed by atoms with E-state index in [9.17, 15) is 4.39 Å². The van der Waals surface area contributed by atoms with E-state index in [1.807, 2.05) is 18.2 Å². The number of nitrogens with zero attached hydrogens (tertiary/aromatic N) is 1. The summed E-state index contributed by atoms with van der Waals surface area (Å²) >= 11 is 0. The molecule has 0 saturated heterocycles. The highest BCUT2D eigenvalue weighted by molar-refractivity contribution is 5.37. The molecule has 0 spiro atoms. The van der Waals surface area contributed by atoms with Gasteiger partial charge in [-0.2, -0.15) is 0 Å². The molecule has 2 aromatic rings. The monoisotopic (exact) mass is 271 g/mol. The number of fused-ring (bicyclic) bond motifs is 1. The van der Waals surface area contributed by atoms with Gasteiger partial charge < -0.3 is 4.74 Å². The molecule has 0 aromatic heterocycles. The molecule has 104 valence electrons. The van der Waals surface area contributed by atoms with Gasteiger partial charge in [-0.25, -0.2) is 4.39 Å². The third kappa shape index (κ3) is 2.99. The maximum absolute atomic E-state index is 12.9. The highest BCUT2D eigenvalue weighted by Gasteiger charge is 2.15. The molecule has 1 aliphatic heterocycles. The SMILES string of the molecule is Cc1ccc2c(c1)CN(Cc1ccc(F)cc1)CCO2. The van der Waals surface area contributed by atoms with Gasteiger partial charge in [0.15, 0.2) is 0 Å². The zero-order valence-corrected chi connectivity index (χ0v) is 11.6. The van der Waals surface area contributed by atoms with Gasteiger partial charge in [-0.05, 0) is 30.7 Å². The molecule has 0 unspecified atom stereocenters. The first kappa shape index (κ1) is 13.1. The molecule has 0 N–H and O–H groups in total. The largest absolute Gasteiger partial charge is 0.492 e. The van der Waals surface area contributed by atoms with Crippen LogP contribution in [0.2, 0.25) is 0 Å². The van der Waals surface area contributed by atoms with Gasteiger partial charge >= 0.3 is 0 Å². The molecule has 3 heteroatoms. The Morgan fingerprint density at radius 1 is 1.15 bits per heavy atom. The van der Waals surface area contributed by atoms with Crippen LogP contribution in [0.5, 0.6) is 5.75 Å². The second kappa shape index (κ2) is 5.63. The molecular weight excluding hydrogens is 253 g/mol. The average molecular weight is 271 g/mol. The predicted octanol–water partition coefficient (Wildman–Crippen LogP) is 3.53. The van der Waals surface area contributed by atoms with Crippen molar-refractivity contribution in [2.45, 2.75) is 20.0 Å². The minimum atomic E-state index is -0.186. The second-order valence-electron chi connectivity index (χ2n) is 5.30. The van der Waals surface area contributed by atoms with Crippen molar-refractivity contribution in [3.63, 3.8) is 0 Å². The van der Waals surface area contributed by atoms with Crippen molar-refractivity contribution in [1.82, 2.24) is 4.90 Å². The fourth-order valence-corrected chi connectivity index (χ4v) is 2.56. The molecule has 0 bridgehead atoms. The van der Waals surface area contributed by atoms with Crippen molar-refractivity contribution in [1.29, 1.82) is 0 Å². The van der Waals surface area contributed by atoms with Crippen LogP contribution in [-0.4, -0.2) is 18.1 Å². The first-order valence-corrected chi connectivity index (χ1v) is 6.90. The molecule has 0 radical (unpaired) electrons. The molecule has 0 saturated carbocycles. The van der Waals surface area contributed by atoms with E-state index in [-0.39, 0.29) is 5.82 Å². The van der Waals surface area contributed by atoms with Gasteiger partial charge in [-0.3, -0.25) is 4.90 Å². The molecular formula is C17H18FNO. The molecule has 0 atom stereocenters. The maximum Gasteiger partial charge on any atom is 0.123 e. The third-order valence-electron chi connectivity index (χ3n) is 3.59. The Hall–Kier alpha value is -1.87. The second-order valence-corrected chi connectivity index (χ2v) is 5.30. The average Bonchev–Trinajstić information content (AvgIpc) is 2.62. The molecule has 0 fully saturated rings. The van der Waals surface area contributed by atoms with Crippen molar-refractivity contribution in [2.75, 3.05) is 13.2 Å². The zero-order valence-electron chi connectivity index (χ0n) is 11.6. The lowest BCUT2D eigenvalue weighted by atomic mass is 10.1. The van der Waals surface area contributed by atoms with E-state index < -0.39 is 0 Å². The molecule has 2 aromatic carbocycles. The van der Waals surface area contributed by atoms with Gasteiger partial charge in [0.1, 0.15) is 18.2 Å². The number of ether oxygens (including phenoxy) is 1. The summed E-state index contributed by atoms with van der Waals surface area (Å²) in [6.45, 7) is 5.35.